The van der Waals surface area contributed by atoms with Gasteiger partial charge >= 0.3 is 0 Å². The summed E-state index contributed by atoms with van der Waals surface area (Å²) in [7, 11) is 1.69. The Hall–Kier alpha value is -2.51. The van der Waals surface area contributed by atoms with Crippen molar-refractivity contribution in [3.63, 3.8) is 0 Å². The normalized spacial score (nSPS) is 19.6. The number of carbonyl (C=O) groups is 1. The first kappa shape index (κ1) is 19.3. The Bertz CT molecular complexity index is 753. The lowest BCUT2D eigenvalue weighted by Crippen LogP contribution is -2.40. The average Bonchev–Trinajstić information content (AvgIpc) is 3.24. The number of rotatable bonds is 8. The number of aromatic nitrogens is 3. The van der Waals surface area contributed by atoms with E-state index in [9.17, 15) is 4.79 Å². The van der Waals surface area contributed by atoms with Crippen molar-refractivity contribution in [3.05, 3.63) is 48.7 Å². The molecule has 0 saturated heterocycles. The zero-order chi connectivity index (χ0) is 19.1. The number of carbonyl (C=O) groups excluding carboxylic acids is 1. The Kier molecular flexibility index (Phi) is 6.73. The molecule has 2 aromatic rings. The summed E-state index contributed by atoms with van der Waals surface area (Å²) in [6.07, 6.45) is 11.1. The van der Waals surface area contributed by atoms with E-state index in [-0.39, 0.29) is 11.9 Å². The van der Waals surface area contributed by atoms with E-state index in [1.165, 1.54) is 0 Å². The van der Waals surface area contributed by atoms with E-state index < -0.39 is 0 Å². The third kappa shape index (κ3) is 5.24. The van der Waals surface area contributed by atoms with Crippen LogP contribution >= 0.6 is 0 Å². The Labute approximate surface area is 159 Å². The minimum atomic E-state index is -0.153. The highest BCUT2D eigenvalue weighted by atomic mass is 16.5. The van der Waals surface area contributed by atoms with Crippen LogP contribution < -0.4 is 5.32 Å². The number of nitrogens with zero attached hydrogens (tertiary/aromatic N) is 3. The maximum Gasteiger partial charge on any atom is 0.270 e. The molecule has 144 valence electrons. The summed E-state index contributed by atoms with van der Waals surface area (Å²) >= 11 is 0. The van der Waals surface area contributed by atoms with Crippen LogP contribution in [0.25, 0.3) is 11.9 Å². The molecule has 7 heteroatoms. The molecule has 0 spiro atoms. The van der Waals surface area contributed by atoms with Crippen molar-refractivity contribution in [1.29, 1.82) is 0 Å². The second-order valence-electron chi connectivity index (χ2n) is 6.70. The Balaban J connectivity index is 1.60. The number of amides is 1. The second kappa shape index (κ2) is 9.43. The van der Waals surface area contributed by atoms with Crippen LogP contribution in [-0.4, -0.2) is 57.6 Å². The number of hydrogen-bond acceptors (Lipinski definition) is 4. The molecule has 1 aliphatic carbocycles. The van der Waals surface area contributed by atoms with Gasteiger partial charge in [-0.1, -0.05) is 12.7 Å². The molecular formula is C20H27N4O3+. The van der Waals surface area contributed by atoms with Crippen molar-refractivity contribution in [2.75, 3.05) is 20.3 Å². The van der Waals surface area contributed by atoms with Crippen LogP contribution in [0.1, 0.15) is 41.7 Å². The molecule has 3 rings (SSSR count). The second-order valence-corrected chi connectivity index (χ2v) is 6.70. The molecule has 0 aliphatic heterocycles. The van der Waals surface area contributed by atoms with Gasteiger partial charge < -0.3 is 14.8 Å². The molecule has 0 aromatic carbocycles. The first-order valence-electron chi connectivity index (χ1n) is 9.29. The number of methoxy groups -OCH3 is 1. The number of nitrogens with one attached hydrogen (secondary N) is 1. The predicted octanol–water partition coefficient (Wildman–Crippen LogP) is 2.13. The standard InChI is InChI=1S/C20H26N4O3/c1-3-15-12-18(23-19(13-15)24-9-8-21-14-24)20(25)22-16-4-6-17(7-5-16)27-11-10-26-2/h3,8-9,12-14,16-17H,1,4-7,10-11H2,2H3,(H,22,25)/p+1. The summed E-state index contributed by atoms with van der Waals surface area (Å²) in [5.74, 6) is 0.496. The Morgan fingerprint density at radius 2 is 2.22 bits per heavy atom. The molecule has 0 unspecified atom stereocenters. The molecule has 0 atom stereocenters. The van der Waals surface area contributed by atoms with Crippen molar-refractivity contribution in [3.8, 4) is 5.82 Å². The Morgan fingerprint density at radius 1 is 1.41 bits per heavy atom. The average molecular weight is 371 g/mol. The highest BCUT2D eigenvalue weighted by Gasteiger charge is 2.26. The van der Waals surface area contributed by atoms with Crippen LogP contribution in [0, 0.1) is 0 Å². The fourth-order valence-corrected chi connectivity index (χ4v) is 3.29. The monoisotopic (exact) mass is 371 g/mol. The first-order valence-corrected chi connectivity index (χ1v) is 9.29. The van der Waals surface area contributed by atoms with E-state index in [1.54, 1.807) is 42.5 Å². The van der Waals surface area contributed by atoms with E-state index in [0.717, 1.165) is 37.9 Å². The number of ether oxygens (including phenoxy) is 2. The van der Waals surface area contributed by atoms with Gasteiger partial charge in [-0.3, -0.25) is 9.36 Å². The number of imidazole rings is 1. The van der Waals surface area contributed by atoms with Crippen molar-refractivity contribution in [2.24, 2.45) is 0 Å². The largest absolute Gasteiger partial charge is 0.430 e. The number of aliphatic hydroxyl groups is 2. The summed E-state index contributed by atoms with van der Waals surface area (Å²) in [5.41, 5.74) is 1.24. The van der Waals surface area contributed by atoms with Crippen LogP contribution in [0.4, 0.5) is 0 Å². The molecular weight excluding hydrogens is 344 g/mol. The van der Waals surface area contributed by atoms with Crippen molar-refractivity contribution < 1.29 is 14.3 Å². The third-order valence-corrected chi connectivity index (χ3v) is 4.79. The molecule has 2 aromatic heterocycles. The summed E-state index contributed by atoms with van der Waals surface area (Å²) in [6.45, 7) is 5.22. The quantitative estimate of drug-likeness (QED) is 0.569. The van der Waals surface area contributed by atoms with Crippen LogP contribution in [0.3, 0.4) is 0 Å². The van der Waals surface area contributed by atoms with Gasteiger partial charge in [0.15, 0.2) is 12.7 Å². The van der Waals surface area contributed by atoms with Gasteiger partial charge in [-0.25, -0.2) is 9.97 Å². The fraction of sp³-hybridized carbons (Fsp3) is 0.450. The summed E-state index contributed by atoms with van der Waals surface area (Å²) in [4.78, 5) is 21.2. The van der Waals surface area contributed by atoms with Crippen LogP contribution in [0.5, 0.6) is 0 Å². The van der Waals surface area contributed by atoms with Crippen molar-refractivity contribution in [1.82, 2.24) is 19.9 Å². The van der Waals surface area contributed by atoms with Gasteiger partial charge in [-0.05, 0) is 30.5 Å². The molecule has 0 bridgehead atoms. The molecule has 7 nitrogen and oxygen atoms in total. The minimum absolute atomic E-state index is 0.153. The fourth-order valence-electron chi connectivity index (χ4n) is 3.29. The van der Waals surface area contributed by atoms with Gasteiger partial charge in [0.1, 0.15) is 24.4 Å². The molecule has 1 amide bonds. The topological polar surface area (TPSA) is 81.8 Å². The molecule has 27 heavy (non-hydrogen) atoms. The molecule has 1 saturated carbocycles. The van der Waals surface area contributed by atoms with E-state index in [4.69, 9.17) is 4.74 Å². The molecule has 2 heterocycles. The van der Waals surface area contributed by atoms with Gasteiger partial charge in [0.2, 0.25) is 0 Å². The van der Waals surface area contributed by atoms with Gasteiger partial charge in [-0.2, -0.15) is 0 Å². The number of pyridine rings is 1. The van der Waals surface area contributed by atoms with Gasteiger partial charge in [0.25, 0.3) is 5.91 Å². The minimum Gasteiger partial charge on any atom is -0.430 e. The summed E-state index contributed by atoms with van der Waals surface area (Å²) < 4.78 is 11.5. The smallest absolute Gasteiger partial charge is 0.270 e. The van der Waals surface area contributed by atoms with Crippen LogP contribution in [0.15, 0.2) is 37.4 Å². The van der Waals surface area contributed by atoms with Crippen LogP contribution in [-0.2, 0) is 4.74 Å². The lowest BCUT2D eigenvalue weighted by Gasteiger charge is -2.26. The van der Waals surface area contributed by atoms with Crippen LogP contribution in [0.2, 0.25) is 0 Å². The zero-order valence-electron chi connectivity index (χ0n) is 15.7. The van der Waals surface area contributed by atoms with E-state index in [1.807, 2.05) is 6.07 Å². The first-order chi connectivity index (χ1) is 13.2. The van der Waals surface area contributed by atoms with Gasteiger partial charge in [0.05, 0.1) is 0 Å². The van der Waals surface area contributed by atoms with Crippen molar-refractivity contribution in [2.45, 2.75) is 37.8 Å². The molecule has 2 N–H and O–H groups in total. The summed E-state index contributed by atoms with van der Waals surface area (Å²) in [5, 5.41) is 3.12. The Morgan fingerprint density at radius 3 is 2.89 bits per heavy atom. The highest BCUT2D eigenvalue weighted by Crippen LogP contribution is 2.21. The predicted molar refractivity (Wildman–Crippen MR) is 104 cm³/mol. The number of hydrogen-bond donors (Lipinski definition) is 1. The maximum absolute atomic E-state index is 12.7. The highest BCUT2D eigenvalue weighted by molar-refractivity contribution is 5.93. The zero-order valence-corrected chi connectivity index (χ0v) is 15.7. The van der Waals surface area contributed by atoms with Crippen molar-refractivity contribution >= 4 is 12.0 Å². The molecule has 1 fully saturated rings. The van der Waals surface area contributed by atoms with Gasteiger partial charge in [-0.15, -0.1) is 0 Å². The molecule has 1 aliphatic rings. The van der Waals surface area contributed by atoms with Gasteiger partial charge in [0, 0.05) is 38.4 Å². The maximum atomic E-state index is 12.7. The summed E-state index contributed by atoms with van der Waals surface area (Å²) in [6, 6.07) is 3.80. The SMILES string of the molecule is C=Cc1cc(C(=O)NC2CCC([OH+]CCOC)CC2)nc(-n2ccnc2)c1. The third-order valence-electron chi connectivity index (χ3n) is 4.79. The van der Waals surface area contributed by atoms with E-state index in [2.05, 4.69) is 26.6 Å². The van der Waals surface area contributed by atoms with E-state index >= 15 is 0 Å². The lowest BCUT2D eigenvalue weighted by molar-refractivity contribution is -0.133. The lowest BCUT2D eigenvalue weighted by atomic mass is 9.93. The van der Waals surface area contributed by atoms with E-state index in [0.29, 0.717) is 24.2 Å². The molecule has 0 radical (unpaired) electrons.